The zero-order valence-corrected chi connectivity index (χ0v) is 17.3. The Morgan fingerprint density at radius 3 is 2.48 bits per heavy atom. The van der Waals surface area contributed by atoms with Crippen LogP contribution in [0, 0.1) is 5.92 Å². The second-order valence-electron chi connectivity index (χ2n) is 7.71. The molecule has 158 valence electrons. The van der Waals surface area contributed by atoms with E-state index >= 15 is 0 Å². The average Bonchev–Trinajstić information content (AvgIpc) is 3.43. The molecular formula is C22H20ClN5O3. The molecule has 1 aliphatic rings. The minimum Gasteiger partial charge on any atom is -0.481 e. The van der Waals surface area contributed by atoms with Gasteiger partial charge in [-0.3, -0.25) is 9.89 Å². The molecule has 1 fully saturated rings. The molecule has 1 aliphatic carbocycles. The third-order valence-electron chi connectivity index (χ3n) is 5.68. The van der Waals surface area contributed by atoms with Gasteiger partial charge in [-0.15, -0.1) is 0 Å². The van der Waals surface area contributed by atoms with Crippen molar-refractivity contribution >= 4 is 28.7 Å². The Balaban J connectivity index is 1.35. The van der Waals surface area contributed by atoms with Crippen LogP contribution >= 0.6 is 11.6 Å². The summed E-state index contributed by atoms with van der Waals surface area (Å²) in [5, 5.41) is 16.6. The van der Waals surface area contributed by atoms with Gasteiger partial charge in [0.25, 0.3) is 6.01 Å². The molecule has 31 heavy (non-hydrogen) atoms. The molecule has 9 heteroatoms. The van der Waals surface area contributed by atoms with Crippen LogP contribution < -0.4 is 4.74 Å². The number of H-pyrrole nitrogens is 2. The number of aromatic nitrogens is 5. The first kappa shape index (κ1) is 19.6. The molecule has 5 rings (SSSR count). The Kier molecular flexibility index (Phi) is 5.07. The van der Waals surface area contributed by atoms with E-state index in [9.17, 15) is 4.79 Å². The Bertz CT molecular complexity index is 1210. The van der Waals surface area contributed by atoms with Crippen molar-refractivity contribution < 1.29 is 14.6 Å². The number of carbonyl (C=O) groups is 1. The number of nitrogens with zero attached hydrogens (tertiary/aromatic N) is 3. The van der Waals surface area contributed by atoms with Gasteiger partial charge in [0.15, 0.2) is 5.65 Å². The van der Waals surface area contributed by atoms with E-state index in [0.29, 0.717) is 53.6 Å². The zero-order valence-electron chi connectivity index (χ0n) is 16.5. The smallest absolute Gasteiger partial charge is 0.306 e. The molecule has 0 amide bonds. The SMILES string of the molecule is O=C(O)[C@H]1CC[C@H](Oc2nc3nc(-c4ccc(-c5ccn[nH]5)cc4)c(Cl)cc3[nH]2)CC1. The van der Waals surface area contributed by atoms with E-state index in [1.165, 1.54) is 0 Å². The molecule has 1 aromatic carbocycles. The van der Waals surface area contributed by atoms with E-state index in [1.54, 1.807) is 12.3 Å². The quantitative estimate of drug-likeness (QED) is 0.417. The molecule has 8 nitrogen and oxygen atoms in total. The van der Waals surface area contributed by atoms with Crippen LogP contribution in [0.25, 0.3) is 33.7 Å². The van der Waals surface area contributed by atoms with Crippen molar-refractivity contribution in [2.75, 3.05) is 0 Å². The molecule has 3 N–H and O–H groups in total. The van der Waals surface area contributed by atoms with Crippen LogP contribution in [0.2, 0.25) is 5.02 Å². The average molecular weight is 438 g/mol. The third kappa shape index (κ3) is 3.98. The fourth-order valence-corrected chi connectivity index (χ4v) is 4.22. The van der Waals surface area contributed by atoms with Crippen molar-refractivity contribution in [1.82, 2.24) is 25.1 Å². The summed E-state index contributed by atoms with van der Waals surface area (Å²) < 4.78 is 5.96. The lowest BCUT2D eigenvalue weighted by atomic mass is 9.87. The Morgan fingerprint density at radius 1 is 1.06 bits per heavy atom. The summed E-state index contributed by atoms with van der Waals surface area (Å²) >= 11 is 6.50. The number of carboxylic acids is 1. The Labute approximate surface area is 182 Å². The van der Waals surface area contributed by atoms with E-state index in [2.05, 4.69) is 25.1 Å². The standard InChI is InChI=1S/C22H20ClN5O3/c23-16-11-18-20(27-22(25-18)31-15-7-5-14(6-8-15)21(29)30)26-19(16)13-3-1-12(2-4-13)17-9-10-24-28-17/h1-4,9-11,14-15H,5-8H2,(H,24,28)(H,29,30)(H,25,26,27)/t14-,15-. The predicted octanol–water partition coefficient (Wildman–Crippen LogP) is 4.69. The number of fused-ring (bicyclic) bond motifs is 1. The number of rotatable bonds is 5. The highest BCUT2D eigenvalue weighted by atomic mass is 35.5. The third-order valence-corrected chi connectivity index (χ3v) is 5.96. The van der Waals surface area contributed by atoms with Gasteiger partial charge in [0, 0.05) is 11.8 Å². The van der Waals surface area contributed by atoms with Gasteiger partial charge in [-0.05, 0) is 43.4 Å². The molecule has 4 aromatic rings. The maximum atomic E-state index is 11.1. The zero-order chi connectivity index (χ0) is 21.4. The number of halogens is 1. The molecule has 0 aliphatic heterocycles. The first-order valence-corrected chi connectivity index (χ1v) is 10.5. The lowest BCUT2D eigenvalue weighted by molar-refractivity contribution is -0.143. The fourth-order valence-electron chi connectivity index (χ4n) is 3.96. The summed E-state index contributed by atoms with van der Waals surface area (Å²) in [6.45, 7) is 0. The van der Waals surface area contributed by atoms with E-state index in [-0.39, 0.29) is 12.0 Å². The lowest BCUT2D eigenvalue weighted by Crippen LogP contribution is -2.28. The topological polar surface area (TPSA) is 117 Å². The summed E-state index contributed by atoms with van der Waals surface area (Å²) in [6.07, 6.45) is 4.27. The normalized spacial score (nSPS) is 18.9. The maximum absolute atomic E-state index is 11.1. The Hall–Kier alpha value is -3.39. The number of aromatic amines is 2. The predicted molar refractivity (Wildman–Crippen MR) is 116 cm³/mol. The number of ether oxygens (including phenoxy) is 1. The highest BCUT2D eigenvalue weighted by molar-refractivity contribution is 6.33. The lowest BCUT2D eigenvalue weighted by Gasteiger charge is -2.25. The van der Waals surface area contributed by atoms with Crippen LogP contribution in [0.1, 0.15) is 25.7 Å². The summed E-state index contributed by atoms with van der Waals surface area (Å²) in [5.74, 6) is -1.01. The number of aliphatic carboxylic acids is 1. The van der Waals surface area contributed by atoms with Crippen molar-refractivity contribution in [2.45, 2.75) is 31.8 Å². The number of hydrogen-bond acceptors (Lipinski definition) is 5. The van der Waals surface area contributed by atoms with Crippen LogP contribution in [0.4, 0.5) is 0 Å². The van der Waals surface area contributed by atoms with Gasteiger partial charge in [0.05, 0.1) is 27.8 Å². The Morgan fingerprint density at radius 2 is 1.81 bits per heavy atom. The molecule has 0 saturated heterocycles. The first-order valence-electron chi connectivity index (χ1n) is 10.1. The second-order valence-corrected chi connectivity index (χ2v) is 8.12. The van der Waals surface area contributed by atoms with Gasteiger partial charge in [-0.1, -0.05) is 35.9 Å². The van der Waals surface area contributed by atoms with Crippen molar-refractivity contribution in [2.24, 2.45) is 5.92 Å². The largest absolute Gasteiger partial charge is 0.481 e. The van der Waals surface area contributed by atoms with Gasteiger partial charge in [-0.25, -0.2) is 4.98 Å². The van der Waals surface area contributed by atoms with E-state index in [1.807, 2.05) is 30.3 Å². The van der Waals surface area contributed by atoms with Crippen LogP contribution in [0.3, 0.4) is 0 Å². The van der Waals surface area contributed by atoms with E-state index in [4.69, 9.17) is 21.4 Å². The van der Waals surface area contributed by atoms with Crippen LogP contribution in [-0.4, -0.2) is 42.3 Å². The second kappa shape index (κ2) is 8.03. The molecule has 0 bridgehead atoms. The van der Waals surface area contributed by atoms with Crippen molar-refractivity contribution in [3.8, 4) is 28.5 Å². The van der Waals surface area contributed by atoms with Crippen LogP contribution in [-0.2, 0) is 4.79 Å². The van der Waals surface area contributed by atoms with Crippen molar-refractivity contribution in [1.29, 1.82) is 0 Å². The molecule has 3 aromatic heterocycles. The van der Waals surface area contributed by atoms with Gasteiger partial charge in [0.1, 0.15) is 6.10 Å². The molecule has 0 unspecified atom stereocenters. The van der Waals surface area contributed by atoms with Gasteiger partial charge in [-0.2, -0.15) is 10.1 Å². The summed E-state index contributed by atoms with van der Waals surface area (Å²) in [5.41, 5.74) is 4.69. The van der Waals surface area contributed by atoms with Gasteiger partial charge < -0.3 is 14.8 Å². The molecule has 0 atom stereocenters. The van der Waals surface area contributed by atoms with Crippen LogP contribution in [0.15, 0.2) is 42.6 Å². The fraction of sp³-hybridized carbons (Fsp3) is 0.273. The van der Waals surface area contributed by atoms with E-state index in [0.717, 1.165) is 16.8 Å². The van der Waals surface area contributed by atoms with Crippen LogP contribution in [0.5, 0.6) is 6.01 Å². The summed E-state index contributed by atoms with van der Waals surface area (Å²) in [4.78, 5) is 23.3. The maximum Gasteiger partial charge on any atom is 0.306 e. The number of benzene rings is 1. The first-order chi connectivity index (χ1) is 15.1. The number of imidazole rings is 1. The summed E-state index contributed by atoms with van der Waals surface area (Å²) in [6, 6.07) is 12.0. The molecular weight excluding hydrogens is 418 g/mol. The van der Waals surface area contributed by atoms with Crippen molar-refractivity contribution in [3.63, 3.8) is 0 Å². The minimum atomic E-state index is -0.730. The van der Waals surface area contributed by atoms with E-state index < -0.39 is 5.97 Å². The molecule has 0 radical (unpaired) electrons. The summed E-state index contributed by atoms with van der Waals surface area (Å²) in [7, 11) is 0. The number of hydrogen-bond donors (Lipinski definition) is 3. The highest BCUT2D eigenvalue weighted by Crippen LogP contribution is 2.32. The molecule has 0 spiro atoms. The number of nitrogens with one attached hydrogen (secondary N) is 2. The molecule has 1 saturated carbocycles. The highest BCUT2D eigenvalue weighted by Gasteiger charge is 2.27. The van der Waals surface area contributed by atoms with Gasteiger partial charge in [0.2, 0.25) is 0 Å². The minimum absolute atomic E-state index is 0.0545. The van der Waals surface area contributed by atoms with Crippen molar-refractivity contribution in [3.05, 3.63) is 47.6 Å². The number of carboxylic acid groups (broad SMARTS) is 1. The van der Waals surface area contributed by atoms with Gasteiger partial charge >= 0.3 is 5.97 Å². The molecule has 3 heterocycles. The number of pyridine rings is 1. The monoisotopic (exact) mass is 437 g/mol.